The molecule has 0 spiro atoms. The summed E-state index contributed by atoms with van der Waals surface area (Å²) in [5.41, 5.74) is 29.4. The van der Waals surface area contributed by atoms with Gasteiger partial charge in [0.25, 0.3) is 5.91 Å². The normalized spacial score (nSPS) is 16.6. The molecule has 11 N–H and O–H groups in total. The number of nitrogens with zero attached hydrogens (tertiary/aromatic N) is 4. The highest BCUT2D eigenvalue weighted by molar-refractivity contribution is 5.93. The van der Waals surface area contributed by atoms with Gasteiger partial charge in [-0.2, -0.15) is 0 Å². The zero-order valence-electron chi connectivity index (χ0n) is 55.5. The first-order chi connectivity index (χ1) is 44.8. The second-order valence-electron chi connectivity index (χ2n) is 25.3. The topological polar surface area (TPSA) is 323 Å². The van der Waals surface area contributed by atoms with Gasteiger partial charge in [-0.05, 0) is 160 Å². The molecule has 0 radical (unpaired) electrons. The molecular weight excluding hydrogens is 1180 g/mol. The van der Waals surface area contributed by atoms with E-state index in [1.807, 2.05) is 37.3 Å². The average Bonchev–Trinajstić information content (AvgIpc) is 1.05. The van der Waals surface area contributed by atoms with Gasteiger partial charge in [0.05, 0.1) is 24.1 Å². The van der Waals surface area contributed by atoms with E-state index < -0.39 is 41.4 Å². The molecule has 2 aliphatic rings. The van der Waals surface area contributed by atoms with Crippen LogP contribution in [0.4, 0.5) is 17.1 Å². The Balaban J connectivity index is 1.10. The summed E-state index contributed by atoms with van der Waals surface area (Å²) < 4.78 is 17.8. The van der Waals surface area contributed by atoms with Crippen LogP contribution in [-0.2, 0) is 46.0 Å². The number of nitrogens with one attached hydrogen (secondary N) is 3. The van der Waals surface area contributed by atoms with Gasteiger partial charge >= 0.3 is 11.4 Å². The number of hydrogen-bond donors (Lipinski definition) is 7. The quantitative estimate of drug-likeness (QED) is 0.0184. The predicted octanol–water partition coefficient (Wildman–Crippen LogP) is 8.03. The van der Waals surface area contributed by atoms with Crippen molar-refractivity contribution < 1.29 is 42.7 Å². The van der Waals surface area contributed by atoms with Gasteiger partial charge in [-0.1, -0.05) is 82.9 Å². The van der Waals surface area contributed by atoms with Crippen LogP contribution in [0.25, 0.3) is 10.9 Å². The molecule has 1 saturated heterocycles. The van der Waals surface area contributed by atoms with Crippen molar-refractivity contribution in [2.24, 2.45) is 30.0 Å². The Morgan fingerprint density at radius 2 is 1.11 bits per heavy atom. The third-order valence-electron chi connectivity index (χ3n) is 18.3. The molecule has 1 fully saturated rings. The van der Waals surface area contributed by atoms with Crippen LogP contribution in [0.2, 0.25) is 0 Å². The fourth-order valence-corrected chi connectivity index (χ4v) is 12.9. The van der Waals surface area contributed by atoms with Gasteiger partial charge in [0.1, 0.15) is 11.8 Å². The van der Waals surface area contributed by atoms with Crippen LogP contribution in [-0.4, -0.2) is 140 Å². The highest BCUT2D eigenvalue weighted by atomic mass is 16.5. The average molecular weight is 1280 g/mol. The minimum atomic E-state index is -1.07. The van der Waals surface area contributed by atoms with E-state index in [0.717, 1.165) is 134 Å². The molecule has 7 rings (SSSR count). The number of carbonyl (C=O) groups is 6. The molecule has 0 bridgehead atoms. The van der Waals surface area contributed by atoms with Crippen LogP contribution in [0.3, 0.4) is 0 Å². The van der Waals surface area contributed by atoms with Gasteiger partial charge in [-0.3, -0.25) is 33.3 Å². The minimum Gasteiger partial charge on any atom is -0.484 e. The molecule has 93 heavy (non-hydrogen) atoms. The maximum atomic E-state index is 14.8. The summed E-state index contributed by atoms with van der Waals surface area (Å²) in [6.45, 7) is 6.57. The monoisotopic (exact) mass is 1280 g/mol. The summed E-state index contributed by atoms with van der Waals surface area (Å²) in [4.78, 5) is 112. The number of carbonyl (C=O) groups excluding carboxylic acids is 6. The maximum absolute atomic E-state index is 14.8. The van der Waals surface area contributed by atoms with Crippen molar-refractivity contribution in [3.63, 3.8) is 0 Å². The number of anilines is 3. The van der Waals surface area contributed by atoms with Gasteiger partial charge in [0, 0.05) is 107 Å². The number of likely N-dealkylation sites (N-methyl/N-ethyl adjacent to an activating group) is 2. The largest absolute Gasteiger partial charge is 0.484 e. The first kappa shape index (κ1) is 72.7. The minimum absolute atomic E-state index is 0.0640. The van der Waals surface area contributed by atoms with Gasteiger partial charge in [0.2, 0.25) is 29.5 Å². The van der Waals surface area contributed by atoms with Gasteiger partial charge in [0.15, 0.2) is 6.61 Å². The van der Waals surface area contributed by atoms with Crippen molar-refractivity contribution in [2.75, 3.05) is 89.1 Å². The lowest BCUT2D eigenvalue weighted by atomic mass is 9.58. The summed E-state index contributed by atoms with van der Waals surface area (Å²) in [5, 5.41) is 9.80. The zero-order chi connectivity index (χ0) is 67.0. The van der Waals surface area contributed by atoms with Gasteiger partial charge in [-0.25, -0.2) is 9.59 Å². The summed E-state index contributed by atoms with van der Waals surface area (Å²) in [6, 6.07) is 21.2. The number of amides is 6. The fraction of sp³-hybridized carbons (Fsp3) is 0.549. The molecule has 1 aliphatic carbocycles. The molecule has 22 heteroatoms. The molecule has 4 aromatic carbocycles. The number of aromatic nitrogens is 1. The molecule has 0 unspecified atom stereocenters. The molecule has 6 amide bonds. The van der Waals surface area contributed by atoms with Crippen LogP contribution in [0.1, 0.15) is 181 Å². The molecule has 5 aromatic rings. The van der Waals surface area contributed by atoms with E-state index in [1.54, 1.807) is 19.0 Å². The first-order valence-corrected chi connectivity index (χ1v) is 33.6. The van der Waals surface area contributed by atoms with Crippen LogP contribution >= 0.6 is 0 Å². The van der Waals surface area contributed by atoms with E-state index in [0.29, 0.717) is 56.0 Å². The maximum Gasteiger partial charge on any atom is 0.422 e. The number of fused-ring (bicyclic) bond motifs is 3. The summed E-state index contributed by atoms with van der Waals surface area (Å²) >= 11 is 0. The number of likely N-dealkylation sites (tertiary alicyclic amines) is 1. The second-order valence-corrected chi connectivity index (χ2v) is 25.3. The van der Waals surface area contributed by atoms with Crippen molar-refractivity contribution in [1.82, 2.24) is 19.3 Å². The lowest BCUT2D eigenvalue weighted by Crippen LogP contribution is -2.48. The zero-order valence-corrected chi connectivity index (χ0v) is 55.5. The Morgan fingerprint density at radius 1 is 0.624 bits per heavy atom. The number of ether oxygens (including phenoxy) is 2. The van der Waals surface area contributed by atoms with E-state index in [4.69, 9.17) is 36.8 Å². The molecule has 1 aromatic heterocycles. The predicted molar refractivity (Wildman–Crippen MR) is 364 cm³/mol. The van der Waals surface area contributed by atoms with Crippen molar-refractivity contribution in [3.05, 3.63) is 127 Å². The van der Waals surface area contributed by atoms with Crippen LogP contribution in [0, 0.1) is 6.92 Å². The fourth-order valence-electron chi connectivity index (χ4n) is 12.9. The first-order valence-electron chi connectivity index (χ1n) is 33.6. The van der Waals surface area contributed by atoms with Gasteiger partial charge in [-0.15, -0.1) is 0 Å². The van der Waals surface area contributed by atoms with E-state index in [1.165, 1.54) is 35.0 Å². The van der Waals surface area contributed by atoms with Crippen molar-refractivity contribution in [1.29, 1.82) is 0 Å². The van der Waals surface area contributed by atoms with Gasteiger partial charge < -0.3 is 67.5 Å². The SMILES string of the molecule is Cc1ccc(NC(=O)CCCCCCCN)cc1C1(CCC(=O)N(C)CCOCCN(C)C(=O)[C@@H]2C[C@H](N)CN2C(=O)COc2ccc3c(=O)oc(=O)n(C)c3c2)c2cc(NC(=O)CCCCCCCN)ccc2C(C)c2ccc(NC(=O)CCCCCCCN)cc21. The highest BCUT2D eigenvalue weighted by Gasteiger charge is 2.46. The van der Waals surface area contributed by atoms with E-state index in [9.17, 15) is 38.4 Å². The third kappa shape index (κ3) is 19.9. The highest BCUT2D eigenvalue weighted by Crippen LogP contribution is 2.55. The molecule has 506 valence electrons. The number of rotatable bonds is 38. The third-order valence-corrected chi connectivity index (χ3v) is 18.3. The van der Waals surface area contributed by atoms with Crippen LogP contribution < -0.4 is 55.0 Å². The van der Waals surface area contributed by atoms with Crippen molar-refractivity contribution in [3.8, 4) is 5.75 Å². The summed E-state index contributed by atoms with van der Waals surface area (Å²) in [7, 11) is 4.81. The number of aryl methyl sites for hydroxylation is 2. The standard InChI is InChI=1S/C71H101N11O11/c1-48-24-25-51(76-63(83)21-15-9-6-12-18-34-72)42-58(48)71(59-43-52(77-64(84)22-16-10-7-13-19-35-73)26-29-55(59)49(2)56-30-27-53(44-60(56)71)78-65(85)23-17-11-8-14-20-36-74)33-32-66(86)79(3)37-39-91-40-38-80(4)68(88)62-41-50(75)46-82(62)67(87)47-92-54-28-31-57-61(45-54)81(5)70(90)93-69(57)89/h24-31,42-45,49-50,62H,6-23,32-41,46-47,72-75H2,1-5H3,(H,76,83)(H,77,84)(H,78,85)/t49?,50-,62-,71?/m0/s1. The molecule has 2 atom stereocenters. The van der Waals surface area contributed by atoms with E-state index in [-0.39, 0.29) is 104 Å². The number of nitrogens with two attached hydrogens (primary N) is 4. The Bertz CT molecular complexity index is 3390. The molecule has 22 nitrogen and oxygen atoms in total. The van der Waals surface area contributed by atoms with E-state index in [2.05, 4.69) is 47.1 Å². The Kier molecular flexibility index (Phi) is 28.2. The lowest BCUT2D eigenvalue weighted by molar-refractivity contribution is -0.144. The van der Waals surface area contributed by atoms with Crippen molar-refractivity contribution in [2.45, 2.75) is 172 Å². The van der Waals surface area contributed by atoms with Crippen LogP contribution in [0.15, 0.2) is 86.8 Å². The Morgan fingerprint density at radius 3 is 1.63 bits per heavy atom. The molecule has 1 aliphatic heterocycles. The molecular formula is C71H101N11O11. The van der Waals surface area contributed by atoms with Crippen molar-refractivity contribution >= 4 is 63.4 Å². The smallest absolute Gasteiger partial charge is 0.422 e. The number of hydrogen-bond acceptors (Lipinski definition) is 15. The van der Waals surface area contributed by atoms with E-state index >= 15 is 0 Å². The molecule has 0 saturated carbocycles. The molecule has 2 heterocycles. The van der Waals surface area contributed by atoms with Crippen LogP contribution in [0.5, 0.6) is 5.75 Å². The summed E-state index contributed by atoms with van der Waals surface area (Å²) in [6.07, 6.45) is 15.6. The lowest BCUT2D eigenvalue weighted by Gasteiger charge is -2.45. The Labute approximate surface area is 547 Å². The Hall–Kier alpha value is -7.76. The number of benzene rings is 4. The number of unbranched alkanes of at least 4 members (excludes halogenated alkanes) is 12. The summed E-state index contributed by atoms with van der Waals surface area (Å²) in [5.74, 6) is -1.97. The second kappa shape index (κ2) is 36.1.